The van der Waals surface area contributed by atoms with Gasteiger partial charge in [0.15, 0.2) is 0 Å². The van der Waals surface area contributed by atoms with Crippen LogP contribution in [0.25, 0.3) is 0 Å². The molecule has 2 aliphatic rings. The smallest absolute Gasteiger partial charge is 0.324 e. The summed E-state index contributed by atoms with van der Waals surface area (Å²) in [6, 6.07) is 12.6. The molecule has 0 bridgehead atoms. The lowest BCUT2D eigenvalue weighted by Gasteiger charge is -2.23. The van der Waals surface area contributed by atoms with E-state index >= 15 is 0 Å². The lowest BCUT2D eigenvalue weighted by atomic mass is 9.88. The molecule has 0 spiro atoms. The molecule has 0 radical (unpaired) electrons. The van der Waals surface area contributed by atoms with Crippen molar-refractivity contribution in [3.8, 4) is 0 Å². The molecule has 0 aliphatic carbocycles. The minimum Gasteiger partial charge on any atom is -0.468 e. The van der Waals surface area contributed by atoms with Crippen molar-refractivity contribution in [1.82, 2.24) is 10.0 Å². The Morgan fingerprint density at radius 3 is 2.56 bits per heavy atom. The van der Waals surface area contributed by atoms with Crippen molar-refractivity contribution in [2.24, 2.45) is 0 Å². The van der Waals surface area contributed by atoms with Gasteiger partial charge in [0.25, 0.3) is 5.91 Å². The predicted molar refractivity (Wildman–Crippen MR) is 140 cm³/mol. The van der Waals surface area contributed by atoms with E-state index in [-0.39, 0.29) is 18.1 Å². The summed E-state index contributed by atoms with van der Waals surface area (Å²) in [5, 5.41) is 3.38. The van der Waals surface area contributed by atoms with Crippen LogP contribution in [0.4, 0.5) is 5.69 Å². The first-order chi connectivity index (χ1) is 17.3. The number of methoxy groups -OCH3 is 1. The van der Waals surface area contributed by atoms with Crippen LogP contribution in [0, 0.1) is 0 Å². The maximum absolute atomic E-state index is 13.2. The summed E-state index contributed by atoms with van der Waals surface area (Å²) in [4.78, 5) is 27.2. The average Bonchev–Trinajstić information content (AvgIpc) is 3.23. The van der Waals surface area contributed by atoms with Gasteiger partial charge in [-0.15, -0.1) is 0 Å². The number of unbranched alkanes of at least 4 members (excludes halogenated alkanes) is 1. The summed E-state index contributed by atoms with van der Waals surface area (Å²) in [5.74, 6) is -0.189. The van der Waals surface area contributed by atoms with Crippen LogP contribution in [0.2, 0.25) is 0 Å². The third kappa shape index (κ3) is 6.14. The van der Waals surface area contributed by atoms with Crippen LogP contribution < -0.4 is 14.9 Å². The van der Waals surface area contributed by atoms with Gasteiger partial charge in [0, 0.05) is 11.3 Å². The molecule has 2 aromatic carbocycles. The number of carbonyl (C=O) groups is 2. The molecule has 0 aromatic heterocycles. The van der Waals surface area contributed by atoms with E-state index in [1.165, 1.54) is 12.7 Å². The molecular formula is C27H35N3O5S. The highest BCUT2D eigenvalue weighted by Crippen LogP contribution is 2.33. The van der Waals surface area contributed by atoms with Crippen molar-refractivity contribution in [1.29, 1.82) is 0 Å². The predicted octanol–water partition coefficient (Wildman–Crippen LogP) is 3.12. The number of carbonyl (C=O) groups excluding carboxylic acids is 2. The number of fused-ring (bicyclic) bond motifs is 1. The Balaban J connectivity index is 1.45. The van der Waals surface area contributed by atoms with E-state index in [4.69, 9.17) is 4.74 Å². The number of nitrogens with one attached hydrogen (secondary N) is 2. The summed E-state index contributed by atoms with van der Waals surface area (Å²) in [5.41, 5.74) is 4.55. The van der Waals surface area contributed by atoms with E-state index in [1.807, 2.05) is 31.2 Å². The fourth-order valence-electron chi connectivity index (χ4n) is 4.91. The minimum absolute atomic E-state index is 0.00958. The third-order valence-electron chi connectivity index (χ3n) is 7.01. The van der Waals surface area contributed by atoms with Gasteiger partial charge in [-0.2, -0.15) is 0 Å². The maximum Gasteiger partial charge on any atom is 0.324 e. The Bertz CT molecular complexity index is 1190. The standard InChI is InChI=1S/C27H35N3O5S/c1-3-4-15-36(33,34)29-25(27(32)35-2)16-19-5-9-23(10-6-19)30-18-22-8-7-21(17-24(22)26(30)31)20-11-13-28-14-12-20/h5-10,17,20,25,28-29H,3-4,11-16,18H2,1-2H3. The van der Waals surface area contributed by atoms with Gasteiger partial charge in [0.2, 0.25) is 10.0 Å². The number of sulfonamides is 1. The quantitative estimate of drug-likeness (QED) is 0.473. The van der Waals surface area contributed by atoms with Crippen molar-refractivity contribution in [3.63, 3.8) is 0 Å². The number of ether oxygens (including phenoxy) is 1. The third-order valence-corrected chi connectivity index (χ3v) is 8.48. The largest absolute Gasteiger partial charge is 0.468 e. The van der Waals surface area contributed by atoms with Gasteiger partial charge in [-0.05, 0) is 79.6 Å². The first kappa shape index (κ1) is 26.3. The van der Waals surface area contributed by atoms with E-state index in [0.717, 1.165) is 54.7 Å². The fourth-order valence-corrected chi connectivity index (χ4v) is 6.31. The summed E-state index contributed by atoms with van der Waals surface area (Å²) in [6.07, 6.45) is 3.58. The van der Waals surface area contributed by atoms with Gasteiger partial charge in [-0.25, -0.2) is 13.1 Å². The van der Waals surface area contributed by atoms with Gasteiger partial charge < -0.3 is 15.0 Å². The zero-order chi connectivity index (χ0) is 25.7. The number of rotatable bonds is 10. The number of benzene rings is 2. The highest BCUT2D eigenvalue weighted by molar-refractivity contribution is 7.89. The molecule has 4 rings (SSSR count). The molecule has 194 valence electrons. The molecule has 36 heavy (non-hydrogen) atoms. The summed E-state index contributed by atoms with van der Waals surface area (Å²) in [7, 11) is -2.35. The van der Waals surface area contributed by atoms with Gasteiger partial charge in [0.1, 0.15) is 6.04 Å². The Hall–Kier alpha value is -2.75. The zero-order valence-corrected chi connectivity index (χ0v) is 21.8. The van der Waals surface area contributed by atoms with Crippen molar-refractivity contribution < 1.29 is 22.7 Å². The first-order valence-corrected chi connectivity index (χ1v) is 14.3. The first-order valence-electron chi connectivity index (χ1n) is 12.6. The molecule has 8 nitrogen and oxygen atoms in total. The number of amides is 1. The lowest BCUT2D eigenvalue weighted by Crippen LogP contribution is -2.43. The topological polar surface area (TPSA) is 105 Å². The number of piperidine rings is 1. The fraction of sp³-hybridized carbons (Fsp3) is 0.481. The highest BCUT2D eigenvalue weighted by atomic mass is 32.2. The van der Waals surface area contributed by atoms with Gasteiger partial charge in [0.05, 0.1) is 19.4 Å². The molecular weight excluding hydrogens is 478 g/mol. The van der Waals surface area contributed by atoms with Crippen LogP contribution in [0.5, 0.6) is 0 Å². The Labute approximate surface area is 213 Å². The van der Waals surface area contributed by atoms with Crippen molar-refractivity contribution in [2.45, 2.75) is 57.5 Å². The van der Waals surface area contributed by atoms with Crippen LogP contribution in [-0.4, -0.2) is 52.3 Å². The second-order valence-corrected chi connectivity index (χ2v) is 11.4. The normalized spacial score (nSPS) is 17.2. The molecule has 2 aromatic rings. The molecule has 1 fully saturated rings. The van der Waals surface area contributed by atoms with Crippen LogP contribution in [0.15, 0.2) is 42.5 Å². The van der Waals surface area contributed by atoms with E-state index in [9.17, 15) is 18.0 Å². The molecule has 2 N–H and O–H groups in total. The monoisotopic (exact) mass is 513 g/mol. The Morgan fingerprint density at radius 2 is 1.89 bits per heavy atom. The van der Waals surface area contributed by atoms with Crippen LogP contribution in [0.3, 0.4) is 0 Å². The second kappa shape index (κ2) is 11.5. The Kier molecular flexibility index (Phi) is 8.43. The molecule has 2 heterocycles. The summed E-state index contributed by atoms with van der Waals surface area (Å²) in [6.45, 7) is 4.43. The maximum atomic E-state index is 13.2. The number of nitrogens with zero attached hydrogens (tertiary/aromatic N) is 1. The average molecular weight is 514 g/mol. The van der Waals surface area contributed by atoms with Crippen molar-refractivity contribution in [3.05, 3.63) is 64.7 Å². The molecule has 0 saturated carbocycles. The molecule has 2 aliphatic heterocycles. The lowest BCUT2D eigenvalue weighted by molar-refractivity contribution is -0.142. The van der Waals surface area contributed by atoms with E-state index in [2.05, 4.69) is 28.2 Å². The molecule has 1 atom stereocenters. The van der Waals surface area contributed by atoms with Crippen LogP contribution in [0.1, 0.15) is 65.6 Å². The number of anilines is 1. The van der Waals surface area contributed by atoms with Crippen LogP contribution in [-0.2, 0) is 32.5 Å². The summed E-state index contributed by atoms with van der Waals surface area (Å²) < 4.78 is 32.0. The van der Waals surface area contributed by atoms with Crippen LogP contribution >= 0.6 is 0 Å². The van der Waals surface area contributed by atoms with E-state index < -0.39 is 22.0 Å². The van der Waals surface area contributed by atoms with E-state index in [0.29, 0.717) is 18.9 Å². The number of hydrogen-bond donors (Lipinski definition) is 2. The number of esters is 1. The zero-order valence-electron chi connectivity index (χ0n) is 21.0. The SMILES string of the molecule is CCCCS(=O)(=O)NC(Cc1ccc(N2Cc3ccc(C4CCNCC4)cc3C2=O)cc1)C(=O)OC. The van der Waals surface area contributed by atoms with Crippen molar-refractivity contribution >= 4 is 27.6 Å². The second-order valence-electron chi connectivity index (χ2n) is 9.57. The van der Waals surface area contributed by atoms with Gasteiger partial charge >= 0.3 is 5.97 Å². The highest BCUT2D eigenvalue weighted by Gasteiger charge is 2.30. The van der Waals surface area contributed by atoms with E-state index in [1.54, 1.807) is 4.90 Å². The molecule has 1 amide bonds. The molecule has 1 saturated heterocycles. The Morgan fingerprint density at radius 1 is 1.17 bits per heavy atom. The summed E-state index contributed by atoms with van der Waals surface area (Å²) >= 11 is 0. The van der Waals surface area contributed by atoms with Gasteiger partial charge in [-0.1, -0.05) is 37.6 Å². The number of hydrogen-bond acceptors (Lipinski definition) is 6. The molecule has 1 unspecified atom stereocenters. The molecule has 9 heteroatoms. The van der Waals surface area contributed by atoms with Crippen molar-refractivity contribution in [2.75, 3.05) is 30.9 Å². The minimum atomic E-state index is -3.60. The van der Waals surface area contributed by atoms with Gasteiger partial charge in [-0.3, -0.25) is 9.59 Å².